The number of rotatable bonds is 8. The molecule has 2 rings (SSSR count). The number of ether oxygens (including phenoxy) is 1. The summed E-state index contributed by atoms with van der Waals surface area (Å²) in [6.45, 7) is 8.37. The van der Waals surface area contributed by atoms with E-state index in [-0.39, 0.29) is 24.3 Å². The molecule has 0 spiro atoms. The van der Waals surface area contributed by atoms with E-state index < -0.39 is 11.6 Å². The van der Waals surface area contributed by atoms with Gasteiger partial charge in [-0.2, -0.15) is 0 Å². The normalized spacial score (nSPS) is 18.3. The third kappa shape index (κ3) is 7.49. The number of hydrogen-bond donors (Lipinski definition) is 1. The first kappa shape index (κ1) is 22.9. The van der Waals surface area contributed by atoms with Gasteiger partial charge in [0, 0.05) is 30.3 Å². The SMILES string of the molecule is CC1CC1C(=O)Nc1ccc(C(=O)N(CCN(C)C)CC(=O)OC(C)(C)C)cc1. The summed E-state index contributed by atoms with van der Waals surface area (Å²) in [6.07, 6.45) is 0.925. The van der Waals surface area contributed by atoms with Gasteiger partial charge >= 0.3 is 5.97 Å². The summed E-state index contributed by atoms with van der Waals surface area (Å²) >= 11 is 0. The average molecular weight is 404 g/mol. The van der Waals surface area contributed by atoms with Gasteiger partial charge in [0.05, 0.1) is 0 Å². The number of nitrogens with zero attached hydrogens (tertiary/aromatic N) is 2. The summed E-state index contributed by atoms with van der Waals surface area (Å²) in [5, 5.41) is 2.88. The summed E-state index contributed by atoms with van der Waals surface area (Å²) in [5.41, 5.74) is 0.523. The van der Waals surface area contributed by atoms with E-state index in [1.54, 1.807) is 45.0 Å². The van der Waals surface area contributed by atoms with Gasteiger partial charge in [-0.1, -0.05) is 6.92 Å². The quantitative estimate of drug-likeness (QED) is 0.675. The zero-order valence-corrected chi connectivity index (χ0v) is 18.3. The molecule has 160 valence electrons. The first-order valence-electron chi connectivity index (χ1n) is 10.0. The lowest BCUT2D eigenvalue weighted by molar-refractivity contribution is -0.155. The van der Waals surface area contributed by atoms with Crippen molar-refractivity contribution in [3.8, 4) is 0 Å². The van der Waals surface area contributed by atoms with Gasteiger partial charge in [-0.25, -0.2) is 0 Å². The van der Waals surface area contributed by atoms with E-state index in [0.717, 1.165) is 6.42 Å². The minimum absolute atomic E-state index is 0.0223. The Hall–Kier alpha value is -2.41. The van der Waals surface area contributed by atoms with Crippen molar-refractivity contribution in [2.45, 2.75) is 39.7 Å². The van der Waals surface area contributed by atoms with Crippen LogP contribution in [0.2, 0.25) is 0 Å². The molecule has 7 nitrogen and oxygen atoms in total. The molecular weight excluding hydrogens is 370 g/mol. The maximum absolute atomic E-state index is 13.0. The zero-order chi connectivity index (χ0) is 21.8. The molecule has 0 heterocycles. The highest BCUT2D eigenvalue weighted by atomic mass is 16.6. The van der Waals surface area contributed by atoms with Crippen molar-refractivity contribution in [1.82, 2.24) is 9.80 Å². The van der Waals surface area contributed by atoms with Crippen LogP contribution in [0.15, 0.2) is 24.3 Å². The first-order chi connectivity index (χ1) is 13.5. The molecule has 0 saturated heterocycles. The largest absolute Gasteiger partial charge is 0.459 e. The maximum Gasteiger partial charge on any atom is 0.326 e. The zero-order valence-electron chi connectivity index (χ0n) is 18.3. The fourth-order valence-corrected chi connectivity index (χ4v) is 2.90. The molecule has 1 aromatic carbocycles. The maximum atomic E-state index is 13.0. The number of amides is 2. The van der Waals surface area contributed by atoms with Gasteiger partial charge in [0.15, 0.2) is 0 Å². The second kappa shape index (κ2) is 9.39. The van der Waals surface area contributed by atoms with Crippen molar-refractivity contribution in [3.63, 3.8) is 0 Å². The summed E-state index contributed by atoms with van der Waals surface area (Å²) in [4.78, 5) is 40.7. The molecule has 1 aromatic rings. The van der Waals surface area contributed by atoms with E-state index in [0.29, 0.717) is 30.3 Å². The summed E-state index contributed by atoms with van der Waals surface area (Å²) in [7, 11) is 3.82. The number of carbonyl (C=O) groups is 3. The Morgan fingerprint density at radius 3 is 2.17 bits per heavy atom. The van der Waals surface area contributed by atoms with E-state index in [4.69, 9.17) is 4.74 Å². The smallest absolute Gasteiger partial charge is 0.326 e. The molecule has 1 N–H and O–H groups in total. The molecule has 1 fully saturated rings. The van der Waals surface area contributed by atoms with E-state index >= 15 is 0 Å². The van der Waals surface area contributed by atoms with Gasteiger partial charge < -0.3 is 19.9 Å². The molecule has 1 aliphatic rings. The minimum atomic E-state index is -0.605. The third-order valence-electron chi connectivity index (χ3n) is 4.69. The molecular formula is C22H33N3O4. The molecule has 2 amide bonds. The van der Waals surface area contributed by atoms with Crippen LogP contribution in [0.3, 0.4) is 0 Å². The van der Waals surface area contributed by atoms with Gasteiger partial charge in [0.1, 0.15) is 12.1 Å². The van der Waals surface area contributed by atoms with E-state index in [1.165, 1.54) is 4.90 Å². The van der Waals surface area contributed by atoms with Crippen molar-refractivity contribution in [2.24, 2.45) is 11.8 Å². The predicted octanol–water partition coefficient (Wildman–Crippen LogP) is 2.63. The molecule has 1 saturated carbocycles. The first-order valence-corrected chi connectivity index (χ1v) is 10.0. The lowest BCUT2D eigenvalue weighted by Crippen LogP contribution is -2.42. The molecule has 2 atom stereocenters. The fraction of sp³-hybridized carbons (Fsp3) is 0.591. The van der Waals surface area contributed by atoms with Gasteiger partial charge in [-0.3, -0.25) is 14.4 Å². The summed E-state index contributed by atoms with van der Waals surface area (Å²) in [6, 6.07) is 6.78. The van der Waals surface area contributed by atoms with Crippen LogP contribution in [0.25, 0.3) is 0 Å². The number of nitrogens with one attached hydrogen (secondary N) is 1. The number of carbonyl (C=O) groups excluding carboxylic acids is 3. The van der Waals surface area contributed by atoms with Crippen LogP contribution < -0.4 is 5.32 Å². The van der Waals surface area contributed by atoms with Crippen LogP contribution in [-0.2, 0) is 14.3 Å². The average Bonchev–Trinajstić information content (AvgIpc) is 3.34. The van der Waals surface area contributed by atoms with Gasteiger partial charge in [0.2, 0.25) is 5.91 Å². The lowest BCUT2D eigenvalue weighted by atomic mass is 10.1. The Morgan fingerprint density at radius 1 is 1.10 bits per heavy atom. The monoisotopic (exact) mass is 403 g/mol. The van der Waals surface area contributed by atoms with Crippen molar-refractivity contribution >= 4 is 23.5 Å². The molecule has 7 heteroatoms. The Kier molecular flexibility index (Phi) is 7.41. The second-order valence-electron chi connectivity index (χ2n) is 9.00. The van der Waals surface area contributed by atoms with Gasteiger partial charge in [-0.05, 0) is 71.5 Å². The highest BCUT2D eigenvalue weighted by molar-refractivity contribution is 5.98. The Bertz CT molecular complexity index is 737. The molecule has 0 bridgehead atoms. The number of likely N-dealkylation sites (N-methyl/N-ethyl adjacent to an activating group) is 1. The van der Waals surface area contributed by atoms with Crippen molar-refractivity contribution in [1.29, 1.82) is 0 Å². The lowest BCUT2D eigenvalue weighted by Gasteiger charge is -2.26. The van der Waals surface area contributed by atoms with Gasteiger partial charge in [0.25, 0.3) is 5.91 Å². The second-order valence-corrected chi connectivity index (χ2v) is 9.00. The Labute approximate surface area is 173 Å². The standard InChI is InChI=1S/C22H33N3O4/c1-15-13-18(15)20(27)23-17-9-7-16(8-10-17)21(28)25(12-11-24(5)6)14-19(26)29-22(2,3)4/h7-10,15,18H,11-14H2,1-6H3,(H,23,27). The van der Waals surface area contributed by atoms with Crippen molar-refractivity contribution < 1.29 is 19.1 Å². The highest BCUT2D eigenvalue weighted by Gasteiger charge is 2.39. The summed E-state index contributed by atoms with van der Waals surface area (Å²) < 4.78 is 5.37. The van der Waals surface area contributed by atoms with Crippen LogP contribution in [0.4, 0.5) is 5.69 Å². The van der Waals surface area contributed by atoms with Crippen LogP contribution >= 0.6 is 0 Å². The fourth-order valence-electron chi connectivity index (χ4n) is 2.90. The molecule has 2 unspecified atom stereocenters. The van der Waals surface area contributed by atoms with Crippen molar-refractivity contribution in [3.05, 3.63) is 29.8 Å². The number of anilines is 1. The number of hydrogen-bond acceptors (Lipinski definition) is 5. The van der Waals surface area contributed by atoms with Crippen LogP contribution in [0, 0.1) is 11.8 Å². The van der Waals surface area contributed by atoms with Gasteiger partial charge in [-0.15, -0.1) is 0 Å². The summed E-state index contributed by atoms with van der Waals surface area (Å²) in [5.74, 6) is -0.131. The topological polar surface area (TPSA) is 79.0 Å². The Balaban J connectivity index is 2.04. The molecule has 29 heavy (non-hydrogen) atoms. The third-order valence-corrected chi connectivity index (χ3v) is 4.69. The Morgan fingerprint density at radius 2 is 1.69 bits per heavy atom. The van der Waals surface area contributed by atoms with Crippen LogP contribution in [0.5, 0.6) is 0 Å². The minimum Gasteiger partial charge on any atom is -0.459 e. The number of esters is 1. The molecule has 0 aromatic heterocycles. The highest BCUT2D eigenvalue weighted by Crippen LogP contribution is 2.38. The predicted molar refractivity (Wildman–Crippen MR) is 113 cm³/mol. The van der Waals surface area contributed by atoms with Crippen LogP contribution in [-0.4, -0.2) is 66.9 Å². The van der Waals surface area contributed by atoms with E-state index in [9.17, 15) is 14.4 Å². The molecule has 0 radical (unpaired) electrons. The van der Waals surface area contributed by atoms with E-state index in [1.807, 2.05) is 19.0 Å². The van der Waals surface area contributed by atoms with E-state index in [2.05, 4.69) is 12.2 Å². The van der Waals surface area contributed by atoms with Crippen molar-refractivity contribution in [2.75, 3.05) is 39.0 Å². The molecule has 1 aliphatic carbocycles. The molecule has 0 aliphatic heterocycles. The number of benzene rings is 1. The van der Waals surface area contributed by atoms with Crippen LogP contribution in [0.1, 0.15) is 44.5 Å².